The summed E-state index contributed by atoms with van der Waals surface area (Å²) in [5, 5.41) is 1.69. The average Bonchev–Trinajstić information content (AvgIpc) is 2.62. The Balaban J connectivity index is 2.86. The van der Waals surface area contributed by atoms with E-state index in [0.29, 0.717) is 19.3 Å². The first-order valence-corrected chi connectivity index (χ1v) is 7.57. The zero-order chi connectivity index (χ0) is 16.3. The largest absolute Gasteiger partial charge is 0.463 e. The van der Waals surface area contributed by atoms with Crippen molar-refractivity contribution in [3.05, 3.63) is 0 Å². The van der Waals surface area contributed by atoms with E-state index in [1.165, 1.54) is 0 Å². The molecule has 0 spiro atoms. The van der Waals surface area contributed by atoms with E-state index in [0.717, 1.165) is 6.42 Å². The Morgan fingerprint density at radius 2 is 1.62 bits per heavy atom. The molecule has 1 saturated carbocycles. The van der Waals surface area contributed by atoms with Crippen LogP contribution in [0.5, 0.6) is 0 Å². The molecule has 9 heteroatoms. The van der Waals surface area contributed by atoms with Crippen molar-refractivity contribution in [3.8, 4) is 0 Å². The second-order valence-corrected chi connectivity index (χ2v) is 5.56. The lowest BCUT2D eigenvalue weighted by Crippen LogP contribution is -2.55. The second kappa shape index (κ2) is 7.02. The summed E-state index contributed by atoms with van der Waals surface area (Å²) in [5.74, 6) is -8.90. The predicted octanol–water partition coefficient (Wildman–Crippen LogP) is 3.21. The Morgan fingerprint density at radius 1 is 1.05 bits per heavy atom. The van der Waals surface area contributed by atoms with E-state index in [1.807, 2.05) is 0 Å². The number of carbonyl (C=O) groups is 2. The minimum Gasteiger partial charge on any atom is -0.347 e. The third kappa shape index (κ3) is 4.37. The first-order valence-electron chi connectivity index (χ1n) is 6.45. The van der Waals surface area contributed by atoms with Gasteiger partial charge in [0.2, 0.25) is 0 Å². The summed E-state index contributed by atoms with van der Waals surface area (Å²) in [7, 11) is 0. The maximum absolute atomic E-state index is 13.0. The highest BCUT2D eigenvalue weighted by atomic mass is 79.9. The van der Waals surface area contributed by atoms with Crippen molar-refractivity contribution in [1.29, 1.82) is 0 Å². The number of carbonyl (C=O) groups excluding carboxylic acids is 2. The van der Waals surface area contributed by atoms with Gasteiger partial charge in [-0.05, 0) is 12.8 Å². The summed E-state index contributed by atoms with van der Waals surface area (Å²) < 4.78 is 62.4. The molecule has 0 saturated heterocycles. The van der Waals surface area contributed by atoms with Gasteiger partial charge in [-0.3, -0.25) is 9.59 Å². The minimum absolute atomic E-state index is 0.0281. The summed E-state index contributed by atoms with van der Waals surface area (Å²) in [5.41, 5.74) is 0. The predicted molar refractivity (Wildman–Crippen MR) is 68.3 cm³/mol. The number of halogens is 6. The molecule has 0 aromatic rings. The summed E-state index contributed by atoms with van der Waals surface area (Å²) in [6, 6.07) is -0.988. The number of hydrogen-bond donors (Lipinski definition) is 1. The van der Waals surface area contributed by atoms with E-state index in [2.05, 4.69) is 15.9 Å². The first-order chi connectivity index (χ1) is 9.61. The monoisotopic (exact) mass is 379 g/mol. The van der Waals surface area contributed by atoms with Gasteiger partial charge in [-0.2, -0.15) is 22.0 Å². The van der Waals surface area contributed by atoms with Crippen molar-refractivity contribution in [3.63, 3.8) is 0 Å². The maximum atomic E-state index is 13.0. The third-order valence-electron chi connectivity index (χ3n) is 3.52. The topological polar surface area (TPSA) is 46.2 Å². The van der Waals surface area contributed by atoms with Gasteiger partial charge in [0.15, 0.2) is 0 Å². The van der Waals surface area contributed by atoms with Crippen molar-refractivity contribution < 1.29 is 31.5 Å². The van der Waals surface area contributed by atoms with Gasteiger partial charge in [0, 0.05) is 12.0 Å². The second-order valence-electron chi connectivity index (χ2n) is 5.00. The minimum atomic E-state index is -5.95. The van der Waals surface area contributed by atoms with Crippen molar-refractivity contribution in [2.75, 3.05) is 5.33 Å². The SMILES string of the molecule is O=C(CBr)C1CCCCCC1NC(=O)C(F)(F)C(F)(F)F. The number of ketones is 1. The van der Waals surface area contributed by atoms with Crippen LogP contribution in [0.1, 0.15) is 32.1 Å². The molecule has 1 aliphatic carbocycles. The fourth-order valence-electron chi connectivity index (χ4n) is 2.35. The van der Waals surface area contributed by atoms with E-state index in [1.54, 1.807) is 5.32 Å². The van der Waals surface area contributed by atoms with E-state index < -0.39 is 30.0 Å². The van der Waals surface area contributed by atoms with Crippen LogP contribution in [-0.4, -0.2) is 35.2 Å². The molecule has 0 aromatic heterocycles. The molecule has 3 nitrogen and oxygen atoms in total. The zero-order valence-electron chi connectivity index (χ0n) is 11.0. The third-order valence-corrected chi connectivity index (χ3v) is 4.07. The smallest absolute Gasteiger partial charge is 0.347 e. The molecule has 2 unspecified atom stereocenters. The van der Waals surface area contributed by atoms with Crippen molar-refractivity contribution in [2.45, 2.75) is 50.2 Å². The summed E-state index contributed by atoms with van der Waals surface area (Å²) in [4.78, 5) is 23.0. The molecule has 0 radical (unpaired) electrons. The van der Waals surface area contributed by atoms with Gasteiger partial charge in [-0.15, -0.1) is 0 Å². The lowest BCUT2D eigenvalue weighted by molar-refractivity contribution is -0.270. The van der Waals surface area contributed by atoms with Crippen LogP contribution in [0.4, 0.5) is 22.0 Å². The number of hydrogen-bond acceptors (Lipinski definition) is 2. The van der Waals surface area contributed by atoms with Gasteiger partial charge in [-0.25, -0.2) is 0 Å². The number of amides is 1. The summed E-state index contributed by atoms with van der Waals surface area (Å²) in [6.07, 6.45) is -3.39. The molecule has 0 aliphatic heterocycles. The normalized spacial score (nSPS) is 24.3. The fourth-order valence-corrected chi connectivity index (χ4v) is 2.77. The van der Waals surface area contributed by atoms with Crippen LogP contribution in [0.15, 0.2) is 0 Å². The standard InChI is InChI=1S/C12H15BrF5NO2/c13-6-9(20)7-4-2-1-3-5-8(7)19-10(21)11(14,15)12(16,17)18/h7-8H,1-6H2,(H,19,21). The highest BCUT2D eigenvalue weighted by molar-refractivity contribution is 9.09. The van der Waals surface area contributed by atoms with Gasteiger partial charge < -0.3 is 5.32 Å². The Morgan fingerprint density at radius 3 is 2.14 bits per heavy atom. The molecule has 2 atom stereocenters. The van der Waals surface area contributed by atoms with Gasteiger partial charge in [0.25, 0.3) is 0 Å². The lowest BCUT2D eigenvalue weighted by atomic mass is 9.91. The molecular weight excluding hydrogens is 365 g/mol. The molecule has 0 heterocycles. The average molecular weight is 380 g/mol. The molecule has 122 valence electrons. The molecule has 0 aromatic carbocycles. The fraction of sp³-hybridized carbons (Fsp3) is 0.833. The Labute approximate surface area is 126 Å². The van der Waals surface area contributed by atoms with E-state index in [4.69, 9.17) is 0 Å². The number of Topliss-reactive ketones (excluding diaryl/α,β-unsaturated/α-hetero) is 1. The quantitative estimate of drug-likeness (QED) is 0.463. The van der Waals surface area contributed by atoms with E-state index >= 15 is 0 Å². The highest BCUT2D eigenvalue weighted by Gasteiger charge is 2.63. The molecule has 0 bridgehead atoms. The maximum Gasteiger partial charge on any atom is 0.463 e. The zero-order valence-corrected chi connectivity index (χ0v) is 12.6. The van der Waals surface area contributed by atoms with Crippen molar-refractivity contribution in [2.24, 2.45) is 5.92 Å². The molecule has 21 heavy (non-hydrogen) atoms. The summed E-state index contributed by atoms with van der Waals surface area (Å²) in [6.45, 7) is 0. The van der Waals surface area contributed by atoms with Crippen LogP contribution < -0.4 is 5.32 Å². The van der Waals surface area contributed by atoms with Crippen LogP contribution in [0, 0.1) is 5.92 Å². The molecule has 1 amide bonds. The molecular formula is C12H15BrF5NO2. The number of alkyl halides is 6. The molecule has 1 N–H and O–H groups in total. The Bertz CT molecular complexity index is 400. The Kier molecular flexibility index (Phi) is 6.12. The molecule has 1 fully saturated rings. The van der Waals surface area contributed by atoms with Gasteiger partial charge in [-0.1, -0.05) is 35.2 Å². The van der Waals surface area contributed by atoms with Crippen molar-refractivity contribution >= 4 is 27.6 Å². The van der Waals surface area contributed by atoms with Crippen LogP contribution in [-0.2, 0) is 9.59 Å². The lowest BCUT2D eigenvalue weighted by Gasteiger charge is -2.27. The summed E-state index contributed by atoms with van der Waals surface area (Å²) >= 11 is 2.95. The number of nitrogens with one attached hydrogen (secondary N) is 1. The van der Waals surface area contributed by atoms with Gasteiger partial charge >= 0.3 is 18.0 Å². The van der Waals surface area contributed by atoms with Crippen LogP contribution >= 0.6 is 15.9 Å². The van der Waals surface area contributed by atoms with Crippen LogP contribution in [0.3, 0.4) is 0 Å². The molecule has 1 rings (SSSR count). The highest BCUT2D eigenvalue weighted by Crippen LogP contribution is 2.36. The Hall–Kier alpha value is -0.730. The van der Waals surface area contributed by atoms with Crippen LogP contribution in [0.25, 0.3) is 0 Å². The van der Waals surface area contributed by atoms with Crippen molar-refractivity contribution in [1.82, 2.24) is 5.32 Å². The van der Waals surface area contributed by atoms with Gasteiger partial charge in [0.1, 0.15) is 5.78 Å². The number of rotatable bonds is 4. The van der Waals surface area contributed by atoms with E-state index in [-0.39, 0.29) is 17.5 Å². The molecule has 1 aliphatic rings. The van der Waals surface area contributed by atoms with Crippen LogP contribution in [0.2, 0.25) is 0 Å². The van der Waals surface area contributed by atoms with Gasteiger partial charge in [0.05, 0.1) is 5.33 Å². The van der Waals surface area contributed by atoms with E-state index in [9.17, 15) is 31.5 Å². The first kappa shape index (κ1) is 18.3.